The SMILES string of the molecule is CCCC[C@@H](O)[C@H](C)[C@H]1C/C=C(\C)C(=O)O[C@@H]([C@H](C)CC)C(=O)N[C@@H](C)C(=O)N(C)[C@H](Cc2ccccc2)C(=O)N(C)CC(=O)N[C@H]([C@@H](C)CC)C(=O)N(C)[C@H](C)C(=O)O1. The van der Waals surface area contributed by atoms with Gasteiger partial charge in [0, 0.05) is 51.4 Å². The van der Waals surface area contributed by atoms with Crippen molar-refractivity contribution in [3.63, 3.8) is 0 Å². The lowest BCUT2D eigenvalue weighted by Gasteiger charge is -2.34. The molecule has 3 N–H and O–H groups in total. The number of aliphatic hydroxyl groups excluding tert-OH is 1. The lowest BCUT2D eigenvalue weighted by Crippen LogP contribution is -2.58. The van der Waals surface area contributed by atoms with Crippen LogP contribution in [-0.4, -0.2) is 131 Å². The topological polar surface area (TPSA) is 192 Å². The van der Waals surface area contributed by atoms with E-state index < -0.39 is 102 Å². The zero-order valence-electron chi connectivity index (χ0n) is 37.9. The predicted molar refractivity (Wildman–Crippen MR) is 228 cm³/mol. The van der Waals surface area contributed by atoms with Crippen molar-refractivity contribution in [2.24, 2.45) is 17.8 Å². The number of hydrogen-bond acceptors (Lipinski definition) is 10. The summed E-state index contributed by atoms with van der Waals surface area (Å²) >= 11 is 0. The van der Waals surface area contributed by atoms with Gasteiger partial charge in [-0.1, -0.05) is 97.2 Å². The fraction of sp³-hybridized carbons (Fsp3) is 0.667. The van der Waals surface area contributed by atoms with E-state index in [1.54, 1.807) is 32.9 Å². The Labute approximate surface area is 356 Å². The zero-order valence-corrected chi connectivity index (χ0v) is 37.9. The predicted octanol–water partition coefficient (Wildman–Crippen LogP) is 3.80. The molecule has 0 radical (unpaired) electrons. The molecule has 0 aliphatic carbocycles. The van der Waals surface area contributed by atoms with Crippen LogP contribution in [0.2, 0.25) is 0 Å². The summed E-state index contributed by atoms with van der Waals surface area (Å²) in [5.41, 5.74) is 0.876. The number of carbonyl (C=O) groups is 7. The van der Waals surface area contributed by atoms with E-state index in [1.165, 1.54) is 62.7 Å². The minimum Gasteiger partial charge on any atom is -0.460 e. The Kier molecular flexibility index (Phi) is 20.9. The van der Waals surface area contributed by atoms with E-state index in [0.29, 0.717) is 19.3 Å². The van der Waals surface area contributed by atoms with Crippen LogP contribution in [0.15, 0.2) is 42.0 Å². The number of carbonyl (C=O) groups excluding carboxylic acids is 7. The highest BCUT2D eigenvalue weighted by atomic mass is 16.6. The minimum absolute atomic E-state index is 0.0153. The highest BCUT2D eigenvalue weighted by molar-refractivity contribution is 5.96. The highest BCUT2D eigenvalue weighted by Crippen LogP contribution is 2.24. The summed E-state index contributed by atoms with van der Waals surface area (Å²) in [5, 5.41) is 16.5. The Hall–Kier alpha value is -4.79. The summed E-state index contributed by atoms with van der Waals surface area (Å²) in [4.78, 5) is 101. The number of likely N-dealkylation sites (N-methyl/N-ethyl adjacent to an activating group) is 3. The van der Waals surface area contributed by atoms with Crippen LogP contribution in [-0.2, 0) is 49.5 Å². The molecule has 15 heteroatoms. The molecule has 2 rings (SSSR count). The molecule has 1 aliphatic rings. The van der Waals surface area contributed by atoms with E-state index >= 15 is 0 Å². The van der Waals surface area contributed by atoms with Crippen molar-refractivity contribution in [2.45, 2.75) is 150 Å². The van der Waals surface area contributed by atoms with Gasteiger partial charge in [0.1, 0.15) is 30.3 Å². The summed E-state index contributed by atoms with van der Waals surface area (Å²) in [6.07, 6.45) is 1.61. The average Bonchev–Trinajstić information content (AvgIpc) is 3.24. The molecule has 1 aromatic rings. The largest absolute Gasteiger partial charge is 0.460 e. The summed E-state index contributed by atoms with van der Waals surface area (Å²) in [6.45, 7) is 15.0. The normalized spacial score (nSPS) is 27.1. The molecule has 0 saturated carbocycles. The lowest BCUT2D eigenvalue weighted by atomic mass is 9.91. The Morgan fingerprint density at radius 2 is 1.43 bits per heavy atom. The second-order valence-electron chi connectivity index (χ2n) is 16.5. The Balaban J connectivity index is 2.68. The number of unbranched alkanes of at least 4 members (excludes halogenated alkanes) is 1. The first-order valence-corrected chi connectivity index (χ1v) is 21.4. The molecule has 0 bridgehead atoms. The van der Waals surface area contributed by atoms with Crippen LogP contribution in [0.3, 0.4) is 0 Å². The third kappa shape index (κ3) is 14.4. The smallest absolute Gasteiger partial charge is 0.334 e. The van der Waals surface area contributed by atoms with Crippen molar-refractivity contribution in [1.29, 1.82) is 0 Å². The summed E-state index contributed by atoms with van der Waals surface area (Å²) in [5.74, 6) is -5.95. The van der Waals surface area contributed by atoms with Crippen LogP contribution in [0.5, 0.6) is 0 Å². The van der Waals surface area contributed by atoms with Gasteiger partial charge in [0.2, 0.25) is 23.6 Å². The zero-order chi connectivity index (χ0) is 45.4. The van der Waals surface area contributed by atoms with Crippen LogP contribution in [0.25, 0.3) is 0 Å². The second kappa shape index (κ2) is 24.5. The molecule has 336 valence electrons. The van der Waals surface area contributed by atoms with Gasteiger partial charge in [-0.3, -0.25) is 24.0 Å². The maximum absolute atomic E-state index is 14.2. The van der Waals surface area contributed by atoms with Gasteiger partial charge in [-0.25, -0.2) is 9.59 Å². The molecule has 0 aromatic heterocycles. The molecule has 0 saturated heterocycles. The molecule has 0 fully saturated rings. The molecule has 0 spiro atoms. The van der Waals surface area contributed by atoms with Crippen molar-refractivity contribution in [3.8, 4) is 0 Å². The number of nitrogens with zero attached hydrogens (tertiary/aromatic N) is 3. The molecule has 15 nitrogen and oxygen atoms in total. The van der Waals surface area contributed by atoms with E-state index in [4.69, 9.17) is 9.47 Å². The molecule has 60 heavy (non-hydrogen) atoms. The number of amides is 5. The molecule has 1 heterocycles. The van der Waals surface area contributed by atoms with E-state index in [1.807, 2.05) is 39.0 Å². The first-order chi connectivity index (χ1) is 28.2. The molecule has 1 aliphatic heterocycles. The highest BCUT2D eigenvalue weighted by Gasteiger charge is 2.38. The number of cyclic esters (lactones) is 2. The van der Waals surface area contributed by atoms with Crippen LogP contribution in [0, 0.1) is 17.8 Å². The van der Waals surface area contributed by atoms with Gasteiger partial charge in [-0.15, -0.1) is 0 Å². The minimum atomic E-state index is -1.28. The van der Waals surface area contributed by atoms with E-state index in [-0.39, 0.29) is 24.3 Å². The molecule has 1 aromatic carbocycles. The summed E-state index contributed by atoms with van der Waals surface area (Å²) < 4.78 is 11.8. The maximum Gasteiger partial charge on any atom is 0.334 e. The van der Waals surface area contributed by atoms with Crippen LogP contribution >= 0.6 is 0 Å². The van der Waals surface area contributed by atoms with Crippen LogP contribution in [0.4, 0.5) is 0 Å². The molecule has 5 amide bonds. The van der Waals surface area contributed by atoms with Gasteiger partial charge < -0.3 is 39.9 Å². The van der Waals surface area contributed by atoms with Crippen LogP contribution < -0.4 is 10.6 Å². The quantitative estimate of drug-likeness (QED) is 0.276. The number of esters is 2. The number of ether oxygens (including phenoxy) is 2. The number of aliphatic hydroxyl groups is 1. The molecular formula is C45H71N5O10. The van der Waals surface area contributed by atoms with Crippen molar-refractivity contribution >= 4 is 41.5 Å². The van der Waals surface area contributed by atoms with Gasteiger partial charge in [0.05, 0.1) is 12.6 Å². The van der Waals surface area contributed by atoms with Gasteiger partial charge in [0.25, 0.3) is 5.91 Å². The fourth-order valence-electron chi connectivity index (χ4n) is 6.83. The lowest BCUT2D eigenvalue weighted by molar-refractivity contribution is -0.162. The average molecular weight is 842 g/mol. The monoisotopic (exact) mass is 842 g/mol. The second-order valence-corrected chi connectivity index (χ2v) is 16.5. The molecule has 0 unspecified atom stereocenters. The first kappa shape index (κ1) is 51.4. The summed E-state index contributed by atoms with van der Waals surface area (Å²) in [7, 11) is 4.32. The van der Waals surface area contributed by atoms with E-state index in [9.17, 15) is 38.7 Å². The number of nitrogens with one attached hydrogen (secondary N) is 2. The van der Waals surface area contributed by atoms with Gasteiger partial charge in [-0.2, -0.15) is 0 Å². The maximum atomic E-state index is 14.2. The molecule has 10 atom stereocenters. The van der Waals surface area contributed by atoms with E-state index in [0.717, 1.165) is 18.4 Å². The molecular weight excluding hydrogens is 771 g/mol. The van der Waals surface area contributed by atoms with Gasteiger partial charge in [0.15, 0.2) is 6.10 Å². The first-order valence-electron chi connectivity index (χ1n) is 21.4. The third-order valence-corrected chi connectivity index (χ3v) is 11.9. The van der Waals surface area contributed by atoms with Crippen molar-refractivity contribution in [2.75, 3.05) is 27.7 Å². The standard InChI is InChI=1S/C45H71N5O10/c1-13-16-22-35(51)30(7)36-24-23-29(6)44(57)60-39(28(5)15-3)40(53)46-31(8)41(54)50(12)34(25-33-20-18-17-19-21-33)42(55)48(10)26-37(52)47-38(27(4)14-2)43(56)49(11)32(9)45(58)59-36/h17-21,23,27-28,30-32,34-36,38-39,51H,13-16,22,24-26H2,1-12H3,(H,46,53)(H,47,52)/b29-23+/t27-,28+,30-,31-,32+,34+,35+,36+,38+,39-/m0/s1. The Morgan fingerprint density at radius 1 is 0.817 bits per heavy atom. The number of hydrogen-bond donors (Lipinski definition) is 3. The van der Waals surface area contributed by atoms with E-state index in [2.05, 4.69) is 10.6 Å². The van der Waals surface area contributed by atoms with Gasteiger partial charge in [-0.05, 0) is 45.1 Å². The van der Waals surface area contributed by atoms with Crippen molar-refractivity contribution < 1.29 is 48.1 Å². The Morgan fingerprint density at radius 3 is 2.02 bits per heavy atom. The Bertz CT molecular complexity index is 1650. The van der Waals surface area contributed by atoms with Crippen molar-refractivity contribution in [1.82, 2.24) is 25.3 Å². The van der Waals surface area contributed by atoms with Crippen LogP contribution in [0.1, 0.15) is 106 Å². The summed E-state index contributed by atoms with van der Waals surface area (Å²) in [6, 6.07) is 4.63. The van der Waals surface area contributed by atoms with Gasteiger partial charge >= 0.3 is 11.9 Å². The van der Waals surface area contributed by atoms with Crippen molar-refractivity contribution in [3.05, 3.63) is 47.5 Å². The number of rotatable bonds is 11. The fourth-order valence-corrected chi connectivity index (χ4v) is 6.83. The number of benzene rings is 1. The third-order valence-electron chi connectivity index (χ3n) is 11.9.